The monoisotopic (exact) mass is 445 g/mol. The molecular weight excluding hydrogens is 417 g/mol. The average molecular weight is 446 g/mol. The molecule has 0 spiro atoms. The highest BCUT2D eigenvalue weighted by Gasteiger charge is 2.34. The Morgan fingerprint density at radius 1 is 1.03 bits per heavy atom. The number of imide groups is 1. The summed E-state index contributed by atoms with van der Waals surface area (Å²) >= 11 is 0. The van der Waals surface area contributed by atoms with Crippen molar-refractivity contribution in [1.82, 2.24) is 14.8 Å². The number of rotatable bonds is 7. The lowest BCUT2D eigenvalue weighted by Crippen LogP contribution is -2.30. The highest BCUT2D eigenvalue weighted by Crippen LogP contribution is 2.25. The summed E-state index contributed by atoms with van der Waals surface area (Å²) in [5, 5.41) is 2.63. The molecule has 0 bridgehead atoms. The molecule has 1 aliphatic rings. The van der Waals surface area contributed by atoms with E-state index in [9.17, 15) is 14.0 Å². The van der Waals surface area contributed by atoms with Crippen LogP contribution in [0.1, 0.15) is 47.8 Å². The van der Waals surface area contributed by atoms with E-state index in [4.69, 9.17) is 0 Å². The van der Waals surface area contributed by atoms with Gasteiger partial charge in [-0.1, -0.05) is 43.7 Å². The van der Waals surface area contributed by atoms with Gasteiger partial charge in [0.1, 0.15) is 11.5 Å². The minimum atomic E-state index is -0.550. The highest BCUT2D eigenvalue weighted by atomic mass is 19.1. The van der Waals surface area contributed by atoms with Crippen LogP contribution < -0.4 is 5.32 Å². The van der Waals surface area contributed by atoms with E-state index in [1.807, 2.05) is 19.9 Å². The first-order valence-electron chi connectivity index (χ1n) is 11.2. The van der Waals surface area contributed by atoms with Crippen molar-refractivity contribution in [2.45, 2.75) is 46.6 Å². The number of nitrogens with zero attached hydrogens (tertiary/aromatic N) is 2. The summed E-state index contributed by atoms with van der Waals surface area (Å²) in [6.45, 7) is 6.08. The second-order valence-corrected chi connectivity index (χ2v) is 8.40. The number of aryl methyl sites for hydroxylation is 2. The summed E-state index contributed by atoms with van der Waals surface area (Å²) in [7, 11) is 0. The Hall–Kier alpha value is -3.67. The van der Waals surface area contributed by atoms with E-state index < -0.39 is 17.8 Å². The minimum absolute atomic E-state index is 0.113. The lowest BCUT2D eigenvalue weighted by Gasteiger charge is -2.12. The van der Waals surface area contributed by atoms with E-state index in [1.165, 1.54) is 24.5 Å². The van der Waals surface area contributed by atoms with E-state index in [1.54, 1.807) is 24.3 Å². The molecular formula is C27H28FN3O2. The van der Waals surface area contributed by atoms with Crippen LogP contribution in [0.2, 0.25) is 0 Å². The van der Waals surface area contributed by atoms with Crippen molar-refractivity contribution in [2.24, 2.45) is 0 Å². The van der Waals surface area contributed by atoms with Crippen LogP contribution in [0.25, 0.3) is 11.8 Å². The zero-order valence-electron chi connectivity index (χ0n) is 19.2. The molecule has 6 heteroatoms. The van der Waals surface area contributed by atoms with Gasteiger partial charge in [0.25, 0.3) is 5.91 Å². The first kappa shape index (κ1) is 22.5. The number of urea groups is 1. The second-order valence-electron chi connectivity index (χ2n) is 8.40. The van der Waals surface area contributed by atoms with Crippen molar-refractivity contribution < 1.29 is 14.0 Å². The third-order valence-corrected chi connectivity index (χ3v) is 6.03. The van der Waals surface area contributed by atoms with Crippen LogP contribution in [0.4, 0.5) is 9.18 Å². The van der Waals surface area contributed by atoms with Crippen molar-refractivity contribution in [3.63, 3.8) is 0 Å². The summed E-state index contributed by atoms with van der Waals surface area (Å²) in [6.07, 6.45) is 5.11. The molecule has 0 radical (unpaired) electrons. The fourth-order valence-corrected chi connectivity index (χ4v) is 4.19. The van der Waals surface area contributed by atoms with Crippen LogP contribution >= 0.6 is 0 Å². The van der Waals surface area contributed by atoms with Gasteiger partial charge in [-0.2, -0.15) is 0 Å². The molecule has 1 N–H and O–H groups in total. The molecule has 3 amide bonds. The number of hydrogen-bond donors (Lipinski definition) is 1. The van der Waals surface area contributed by atoms with E-state index >= 15 is 0 Å². The predicted molar refractivity (Wildman–Crippen MR) is 127 cm³/mol. The average Bonchev–Trinajstić information content (AvgIpc) is 3.23. The maximum atomic E-state index is 14.0. The first-order chi connectivity index (χ1) is 15.9. The van der Waals surface area contributed by atoms with E-state index in [0.29, 0.717) is 5.56 Å². The smallest absolute Gasteiger partial charge is 0.318 e. The molecule has 2 heterocycles. The molecule has 0 saturated carbocycles. The molecule has 33 heavy (non-hydrogen) atoms. The van der Waals surface area contributed by atoms with Crippen LogP contribution in [0.3, 0.4) is 0 Å². The molecule has 0 unspecified atom stereocenters. The Balaban J connectivity index is 1.58. The second kappa shape index (κ2) is 9.45. The van der Waals surface area contributed by atoms with Crippen LogP contribution in [-0.4, -0.2) is 21.4 Å². The number of hydrogen-bond acceptors (Lipinski definition) is 2. The molecule has 1 aromatic heterocycles. The lowest BCUT2D eigenvalue weighted by atomic mass is 10.1. The molecule has 2 aromatic carbocycles. The zero-order valence-corrected chi connectivity index (χ0v) is 19.2. The molecule has 3 aromatic rings. The molecule has 0 atom stereocenters. The lowest BCUT2D eigenvalue weighted by molar-refractivity contribution is -0.123. The van der Waals surface area contributed by atoms with E-state index in [0.717, 1.165) is 34.0 Å². The van der Waals surface area contributed by atoms with Gasteiger partial charge in [0.2, 0.25) is 0 Å². The van der Waals surface area contributed by atoms with Gasteiger partial charge in [0.05, 0.1) is 6.54 Å². The standard InChI is InChI=1S/C27H28FN3O2/c1-4-5-8-20-11-13-23(14-12-20)31-18(2)15-22(19(31)3)16-25-26(32)30(27(33)29-25)17-21-9-6-7-10-24(21)28/h6-7,9-16H,4-5,8,17H2,1-3H3,(H,29,33)/b25-16+. The number of carbonyl (C=O) groups excluding carboxylic acids is 2. The number of carbonyl (C=O) groups is 2. The Morgan fingerprint density at radius 3 is 2.45 bits per heavy atom. The number of unbranched alkanes of at least 4 members (excludes halogenated alkanes) is 1. The topological polar surface area (TPSA) is 54.3 Å². The SMILES string of the molecule is CCCCc1ccc(-n2c(C)cc(/C=C3/NC(=O)N(Cc4ccccc4F)C3=O)c2C)cc1. The number of aromatic nitrogens is 1. The first-order valence-corrected chi connectivity index (χ1v) is 11.2. The van der Waals surface area contributed by atoms with Crippen LogP contribution in [-0.2, 0) is 17.8 Å². The highest BCUT2D eigenvalue weighted by molar-refractivity contribution is 6.14. The largest absolute Gasteiger partial charge is 0.329 e. The molecule has 5 nitrogen and oxygen atoms in total. The van der Waals surface area contributed by atoms with Crippen LogP contribution in [0.15, 0.2) is 60.3 Å². The quantitative estimate of drug-likeness (QED) is 0.376. The summed E-state index contributed by atoms with van der Waals surface area (Å²) in [6, 6.07) is 16.1. The van der Waals surface area contributed by atoms with Gasteiger partial charge < -0.3 is 9.88 Å². The third-order valence-electron chi connectivity index (χ3n) is 6.03. The zero-order chi connectivity index (χ0) is 23.5. The Kier molecular flexibility index (Phi) is 6.45. The molecule has 4 rings (SSSR count). The van der Waals surface area contributed by atoms with Gasteiger partial charge in [0.15, 0.2) is 0 Å². The number of halogens is 1. The molecule has 1 fully saturated rings. The summed E-state index contributed by atoms with van der Waals surface area (Å²) in [5.74, 6) is -0.909. The van der Waals surface area contributed by atoms with E-state index in [-0.39, 0.29) is 12.2 Å². The van der Waals surface area contributed by atoms with Gasteiger partial charge in [-0.05, 0) is 68.2 Å². The molecule has 0 aliphatic carbocycles. The van der Waals surface area contributed by atoms with Crippen LogP contribution in [0.5, 0.6) is 0 Å². The fourth-order valence-electron chi connectivity index (χ4n) is 4.19. The Bertz CT molecular complexity index is 1220. The minimum Gasteiger partial charge on any atom is -0.318 e. The van der Waals surface area contributed by atoms with Gasteiger partial charge in [0, 0.05) is 22.6 Å². The van der Waals surface area contributed by atoms with Crippen LogP contribution in [0, 0.1) is 19.7 Å². The van der Waals surface area contributed by atoms with Gasteiger partial charge in [-0.25, -0.2) is 9.18 Å². The Morgan fingerprint density at radius 2 is 1.76 bits per heavy atom. The molecule has 170 valence electrons. The summed E-state index contributed by atoms with van der Waals surface area (Å²) in [5.41, 5.74) is 5.70. The van der Waals surface area contributed by atoms with Gasteiger partial charge in [-0.3, -0.25) is 9.69 Å². The maximum Gasteiger partial charge on any atom is 0.329 e. The number of nitrogens with one attached hydrogen (secondary N) is 1. The van der Waals surface area contributed by atoms with Crippen molar-refractivity contribution in [3.8, 4) is 5.69 Å². The number of amides is 3. The summed E-state index contributed by atoms with van der Waals surface area (Å²) < 4.78 is 16.1. The van der Waals surface area contributed by atoms with Crippen molar-refractivity contribution >= 4 is 18.0 Å². The van der Waals surface area contributed by atoms with Gasteiger partial charge >= 0.3 is 6.03 Å². The van der Waals surface area contributed by atoms with Crippen molar-refractivity contribution in [1.29, 1.82) is 0 Å². The Labute approximate surface area is 193 Å². The van der Waals surface area contributed by atoms with Crippen molar-refractivity contribution in [2.75, 3.05) is 0 Å². The normalized spacial score (nSPS) is 14.9. The third kappa shape index (κ3) is 4.60. The van der Waals surface area contributed by atoms with Crippen molar-refractivity contribution in [3.05, 3.63) is 94.2 Å². The fraction of sp³-hybridized carbons (Fsp3) is 0.259. The van der Waals surface area contributed by atoms with Gasteiger partial charge in [-0.15, -0.1) is 0 Å². The predicted octanol–water partition coefficient (Wildman–Crippen LogP) is 5.67. The summed E-state index contributed by atoms with van der Waals surface area (Å²) in [4.78, 5) is 26.3. The molecule has 1 aliphatic heterocycles. The maximum absolute atomic E-state index is 14.0. The number of benzene rings is 2. The molecule has 1 saturated heterocycles. The van der Waals surface area contributed by atoms with E-state index in [2.05, 4.69) is 41.1 Å².